The Labute approximate surface area is 199 Å². The van der Waals surface area contributed by atoms with E-state index < -0.39 is 0 Å². The average molecular weight is 466 g/mol. The molecule has 1 aromatic carbocycles. The van der Waals surface area contributed by atoms with Gasteiger partial charge in [0.15, 0.2) is 5.65 Å². The number of nitrogens with one attached hydrogen (secondary N) is 1. The van der Waals surface area contributed by atoms with Crippen LogP contribution in [0.15, 0.2) is 36.7 Å². The first kappa shape index (κ1) is 23.5. The minimum absolute atomic E-state index is 0.103. The Morgan fingerprint density at radius 3 is 2.56 bits per heavy atom. The zero-order chi connectivity index (χ0) is 23.9. The summed E-state index contributed by atoms with van der Waals surface area (Å²) in [5.74, 6) is 1.27. The van der Waals surface area contributed by atoms with Gasteiger partial charge in [-0.1, -0.05) is 12.8 Å². The topological polar surface area (TPSA) is 98.6 Å². The number of rotatable bonds is 8. The van der Waals surface area contributed by atoms with Gasteiger partial charge in [-0.05, 0) is 31.0 Å². The van der Waals surface area contributed by atoms with Crippen LogP contribution in [0.4, 0.5) is 0 Å². The molecule has 3 aromatic rings. The molecular formula is C25H31N5O4. The molecule has 9 heteroatoms. The van der Waals surface area contributed by atoms with Crippen molar-refractivity contribution in [2.75, 3.05) is 33.9 Å². The van der Waals surface area contributed by atoms with Gasteiger partial charge in [0.1, 0.15) is 11.5 Å². The maximum Gasteiger partial charge on any atom is 0.252 e. The number of likely N-dealkylation sites (tertiary alicyclic amines) is 1. The first-order valence-electron chi connectivity index (χ1n) is 11.7. The first-order chi connectivity index (χ1) is 16.6. The van der Waals surface area contributed by atoms with Crippen molar-refractivity contribution in [3.8, 4) is 11.5 Å². The Kier molecular flexibility index (Phi) is 7.61. The highest BCUT2D eigenvalue weighted by atomic mass is 16.5. The van der Waals surface area contributed by atoms with E-state index in [1.54, 1.807) is 31.2 Å². The van der Waals surface area contributed by atoms with Crippen LogP contribution in [0.5, 0.6) is 11.5 Å². The lowest BCUT2D eigenvalue weighted by atomic mass is 10.2. The lowest BCUT2D eigenvalue weighted by molar-refractivity contribution is -0.131. The highest BCUT2D eigenvalue weighted by Crippen LogP contribution is 2.26. The van der Waals surface area contributed by atoms with Gasteiger partial charge in [-0.3, -0.25) is 9.59 Å². The van der Waals surface area contributed by atoms with Crippen LogP contribution in [-0.2, 0) is 11.3 Å². The smallest absolute Gasteiger partial charge is 0.252 e. The van der Waals surface area contributed by atoms with Crippen molar-refractivity contribution in [3.63, 3.8) is 0 Å². The number of amides is 2. The molecule has 1 N–H and O–H groups in total. The second-order valence-corrected chi connectivity index (χ2v) is 8.42. The molecule has 34 heavy (non-hydrogen) atoms. The summed E-state index contributed by atoms with van der Waals surface area (Å²) in [6, 6.07) is 7.40. The van der Waals surface area contributed by atoms with Gasteiger partial charge in [0.25, 0.3) is 5.91 Å². The average Bonchev–Trinajstić information content (AvgIpc) is 3.06. The molecule has 0 atom stereocenters. The van der Waals surface area contributed by atoms with Crippen molar-refractivity contribution in [1.82, 2.24) is 25.0 Å². The monoisotopic (exact) mass is 465 g/mol. The van der Waals surface area contributed by atoms with E-state index in [-0.39, 0.29) is 11.8 Å². The molecule has 0 spiro atoms. The van der Waals surface area contributed by atoms with Crippen molar-refractivity contribution < 1.29 is 19.1 Å². The number of carbonyl (C=O) groups is 2. The number of aromatic nitrogens is 3. The largest absolute Gasteiger partial charge is 0.497 e. The Morgan fingerprint density at radius 1 is 1.03 bits per heavy atom. The third kappa shape index (κ3) is 5.47. The van der Waals surface area contributed by atoms with Gasteiger partial charge in [-0.25, -0.2) is 9.67 Å². The fourth-order valence-electron chi connectivity index (χ4n) is 4.22. The molecule has 1 saturated heterocycles. The zero-order valence-corrected chi connectivity index (χ0v) is 19.7. The molecule has 0 saturated carbocycles. The minimum Gasteiger partial charge on any atom is -0.497 e. The number of carbonyl (C=O) groups excluding carboxylic acids is 2. The molecule has 1 aliphatic heterocycles. The first-order valence-corrected chi connectivity index (χ1v) is 11.7. The normalized spacial score (nSPS) is 14.0. The van der Waals surface area contributed by atoms with Gasteiger partial charge in [-0.15, -0.1) is 0 Å². The van der Waals surface area contributed by atoms with Crippen LogP contribution >= 0.6 is 0 Å². The number of benzene rings is 1. The van der Waals surface area contributed by atoms with Gasteiger partial charge in [-0.2, -0.15) is 5.10 Å². The molecule has 9 nitrogen and oxygen atoms in total. The summed E-state index contributed by atoms with van der Waals surface area (Å²) in [6.45, 7) is 2.41. The molecule has 0 bridgehead atoms. The van der Waals surface area contributed by atoms with E-state index in [1.165, 1.54) is 19.0 Å². The van der Waals surface area contributed by atoms with Crippen LogP contribution < -0.4 is 14.8 Å². The van der Waals surface area contributed by atoms with Crippen LogP contribution in [0.2, 0.25) is 0 Å². The molecule has 180 valence electrons. The fraction of sp³-hybridized carbons (Fsp3) is 0.440. The Bertz CT molecular complexity index is 1150. The summed E-state index contributed by atoms with van der Waals surface area (Å²) in [7, 11) is 3.23. The molecule has 4 rings (SSSR count). The number of hydrogen-bond donors (Lipinski definition) is 1. The standard InChI is InChI=1S/C25H31N5O4/c1-33-21-8-7-18(22(14-21)34-2)17-30-24-19(16-28-30)13-20(15-27-24)25(32)26-10-9-23(31)29-11-5-3-4-6-12-29/h7-8,13-16H,3-6,9-12,17H2,1-2H3,(H,26,32). The van der Waals surface area contributed by atoms with E-state index in [0.29, 0.717) is 42.2 Å². The number of pyridine rings is 1. The molecule has 0 aliphatic carbocycles. The maximum atomic E-state index is 12.6. The molecule has 1 aliphatic rings. The van der Waals surface area contributed by atoms with Crippen LogP contribution in [-0.4, -0.2) is 65.3 Å². The van der Waals surface area contributed by atoms with E-state index in [0.717, 1.165) is 36.9 Å². The summed E-state index contributed by atoms with van der Waals surface area (Å²) < 4.78 is 12.5. The molecule has 0 radical (unpaired) electrons. The Balaban J connectivity index is 1.38. The summed E-state index contributed by atoms with van der Waals surface area (Å²) in [5.41, 5.74) is 2.05. The number of nitrogens with zero attached hydrogens (tertiary/aromatic N) is 4. The number of hydrogen-bond acceptors (Lipinski definition) is 6. The van der Waals surface area contributed by atoms with Gasteiger partial charge in [0.05, 0.1) is 32.5 Å². The van der Waals surface area contributed by atoms with Gasteiger partial charge in [0, 0.05) is 49.3 Å². The highest BCUT2D eigenvalue weighted by Gasteiger charge is 2.16. The second-order valence-electron chi connectivity index (χ2n) is 8.42. The lowest BCUT2D eigenvalue weighted by Gasteiger charge is -2.20. The molecule has 2 amide bonds. The predicted octanol–water partition coefficient (Wildman–Crippen LogP) is 3.02. The summed E-state index contributed by atoms with van der Waals surface area (Å²) in [6.07, 6.45) is 8.02. The lowest BCUT2D eigenvalue weighted by Crippen LogP contribution is -2.35. The Morgan fingerprint density at radius 2 is 1.82 bits per heavy atom. The van der Waals surface area contributed by atoms with Crippen molar-refractivity contribution in [1.29, 1.82) is 0 Å². The second kappa shape index (κ2) is 11.0. The van der Waals surface area contributed by atoms with Crippen molar-refractivity contribution in [3.05, 3.63) is 47.8 Å². The van der Waals surface area contributed by atoms with Gasteiger partial charge >= 0.3 is 0 Å². The zero-order valence-electron chi connectivity index (χ0n) is 19.7. The summed E-state index contributed by atoms with van der Waals surface area (Å²) in [5, 5.41) is 8.04. The number of methoxy groups -OCH3 is 2. The van der Waals surface area contributed by atoms with Crippen LogP contribution in [0.3, 0.4) is 0 Å². The fourth-order valence-corrected chi connectivity index (χ4v) is 4.22. The van der Waals surface area contributed by atoms with E-state index >= 15 is 0 Å². The minimum atomic E-state index is -0.248. The van der Waals surface area contributed by atoms with Crippen LogP contribution in [0, 0.1) is 0 Å². The summed E-state index contributed by atoms with van der Waals surface area (Å²) >= 11 is 0. The molecule has 0 unspecified atom stereocenters. The van der Waals surface area contributed by atoms with E-state index in [4.69, 9.17) is 9.47 Å². The number of fused-ring (bicyclic) bond motifs is 1. The molecule has 2 aromatic heterocycles. The summed E-state index contributed by atoms with van der Waals surface area (Å²) in [4.78, 5) is 31.4. The predicted molar refractivity (Wildman–Crippen MR) is 128 cm³/mol. The quantitative estimate of drug-likeness (QED) is 0.549. The molecule has 3 heterocycles. The van der Waals surface area contributed by atoms with Crippen molar-refractivity contribution >= 4 is 22.8 Å². The third-order valence-corrected chi connectivity index (χ3v) is 6.14. The highest BCUT2D eigenvalue weighted by molar-refractivity contribution is 5.97. The SMILES string of the molecule is COc1ccc(Cn2ncc3cc(C(=O)NCCC(=O)N4CCCCCC4)cnc32)c(OC)c1. The van der Waals surface area contributed by atoms with Gasteiger partial charge in [0.2, 0.25) is 5.91 Å². The molecule has 1 fully saturated rings. The van der Waals surface area contributed by atoms with E-state index in [1.807, 2.05) is 23.1 Å². The maximum absolute atomic E-state index is 12.6. The Hall–Kier alpha value is -3.62. The molecular weight excluding hydrogens is 434 g/mol. The van der Waals surface area contributed by atoms with Crippen LogP contribution in [0.25, 0.3) is 11.0 Å². The van der Waals surface area contributed by atoms with E-state index in [9.17, 15) is 9.59 Å². The third-order valence-electron chi connectivity index (χ3n) is 6.14. The number of ether oxygens (including phenoxy) is 2. The van der Waals surface area contributed by atoms with Crippen LogP contribution in [0.1, 0.15) is 48.0 Å². The van der Waals surface area contributed by atoms with E-state index in [2.05, 4.69) is 15.4 Å². The van der Waals surface area contributed by atoms with Gasteiger partial charge < -0.3 is 19.7 Å². The van der Waals surface area contributed by atoms with Crippen molar-refractivity contribution in [2.45, 2.75) is 38.6 Å². The van der Waals surface area contributed by atoms with Crippen molar-refractivity contribution in [2.24, 2.45) is 0 Å².